The molecule has 12 nitrogen and oxygen atoms in total. The van der Waals surface area contributed by atoms with Gasteiger partial charge in [0.25, 0.3) is 0 Å². The maximum absolute atomic E-state index is 13.5. The molecular formula is C35H36N2O10. The largest absolute Gasteiger partial charge is 0.508 e. The third kappa shape index (κ3) is 5.85. The number of piperazine rings is 1. The van der Waals surface area contributed by atoms with Crippen LogP contribution in [0.5, 0.6) is 5.75 Å². The van der Waals surface area contributed by atoms with Gasteiger partial charge in [-0.1, -0.05) is 60.7 Å². The fourth-order valence-electron chi connectivity index (χ4n) is 6.59. The molecule has 0 bridgehead atoms. The van der Waals surface area contributed by atoms with E-state index in [-0.39, 0.29) is 24.5 Å². The van der Waals surface area contributed by atoms with Crippen LogP contribution in [0.25, 0.3) is 0 Å². The van der Waals surface area contributed by atoms with Crippen molar-refractivity contribution in [2.75, 3.05) is 18.6 Å². The van der Waals surface area contributed by atoms with Gasteiger partial charge in [-0.2, -0.15) is 0 Å². The lowest BCUT2D eigenvalue weighted by Crippen LogP contribution is -2.54. The number of benzene rings is 3. The zero-order valence-corrected chi connectivity index (χ0v) is 26.5. The molecule has 0 aliphatic carbocycles. The second-order valence-corrected chi connectivity index (χ2v) is 12.7. The zero-order valence-electron chi connectivity index (χ0n) is 26.5. The summed E-state index contributed by atoms with van der Waals surface area (Å²) in [5.41, 5.74) is -0.166. The number of aldehydes is 1. The molecule has 1 N–H and O–H groups in total. The topological polar surface area (TPSA) is 141 Å². The van der Waals surface area contributed by atoms with Gasteiger partial charge in [0.05, 0.1) is 24.8 Å². The van der Waals surface area contributed by atoms with Crippen molar-refractivity contribution in [3.05, 3.63) is 95.1 Å². The van der Waals surface area contributed by atoms with Crippen molar-refractivity contribution in [2.24, 2.45) is 0 Å². The zero-order chi connectivity index (χ0) is 33.5. The number of aliphatic hydroxyl groups excluding tert-OH is 1. The number of rotatable bonds is 9. The summed E-state index contributed by atoms with van der Waals surface area (Å²) in [6.45, 7) is 4.71. The molecule has 6 rings (SSSR count). The first-order valence-corrected chi connectivity index (χ1v) is 15.2. The number of ether oxygens (including phenoxy) is 5. The van der Waals surface area contributed by atoms with Crippen molar-refractivity contribution < 1.29 is 48.0 Å². The summed E-state index contributed by atoms with van der Waals surface area (Å²) in [6, 6.07) is 19.0. The Morgan fingerprint density at radius 1 is 0.915 bits per heavy atom. The van der Waals surface area contributed by atoms with Crippen molar-refractivity contribution in [2.45, 2.75) is 69.4 Å². The molecule has 1 amide bonds. The van der Waals surface area contributed by atoms with Crippen LogP contribution in [0.15, 0.2) is 72.8 Å². The number of anilines is 1. The van der Waals surface area contributed by atoms with E-state index in [9.17, 15) is 24.3 Å². The summed E-state index contributed by atoms with van der Waals surface area (Å²) in [7, 11) is 1.24. The minimum atomic E-state index is -1.65. The van der Waals surface area contributed by atoms with E-state index in [2.05, 4.69) is 0 Å². The van der Waals surface area contributed by atoms with Gasteiger partial charge in [0.1, 0.15) is 55.1 Å². The number of fused-ring (bicyclic) bond motifs is 5. The number of hydrogen-bond donors (Lipinski definition) is 1. The first-order chi connectivity index (χ1) is 22.5. The van der Waals surface area contributed by atoms with E-state index in [1.54, 1.807) is 37.8 Å². The lowest BCUT2D eigenvalue weighted by atomic mass is 9.76. The molecule has 2 fully saturated rings. The van der Waals surface area contributed by atoms with Crippen LogP contribution in [0, 0.1) is 0 Å². The summed E-state index contributed by atoms with van der Waals surface area (Å²) in [5.74, 6) is -0.504. The van der Waals surface area contributed by atoms with Crippen LogP contribution in [0.3, 0.4) is 0 Å². The molecule has 0 spiro atoms. The quantitative estimate of drug-likeness (QED) is 0.154. The monoisotopic (exact) mass is 644 g/mol. The minimum Gasteiger partial charge on any atom is -0.488 e. The first-order valence-electron chi connectivity index (χ1n) is 15.2. The highest BCUT2D eigenvalue weighted by molar-refractivity contribution is 5.95. The number of aliphatic hydroxyl groups is 1. The van der Waals surface area contributed by atoms with Crippen molar-refractivity contribution in [3.8, 4) is 5.75 Å². The van der Waals surface area contributed by atoms with Crippen molar-refractivity contribution >= 4 is 30.2 Å². The summed E-state index contributed by atoms with van der Waals surface area (Å²) in [6.07, 6.45) is -2.30. The van der Waals surface area contributed by atoms with Gasteiger partial charge in [-0.15, -0.1) is 0 Å². The molecule has 3 aliphatic heterocycles. The second kappa shape index (κ2) is 12.3. The standard InChI is InChI=1S/C35H36N2O10/c1-34(2,3)47-32(41)37-27-28(37)30(39)36-24-15-23(31(40)43-4)16-25(44-17-21-11-7-5-8-12-21)26(24)35(19-38,29(27)36)20-46-33(42)45-18-22-13-9-6-10-14-22/h5-16,19,27-30,39H,17-18,20H2,1-4H3/t27-,28+,29?,30?,35-,37?/m0/s1. The van der Waals surface area contributed by atoms with Gasteiger partial charge >= 0.3 is 18.2 Å². The fraction of sp³-hybridized carbons (Fsp3) is 0.371. The summed E-state index contributed by atoms with van der Waals surface area (Å²) in [5, 5.41) is 11.6. The van der Waals surface area contributed by atoms with Gasteiger partial charge in [0.2, 0.25) is 0 Å². The normalized spacial score (nSPS) is 23.6. The molecule has 2 saturated heterocycles. The molecule has 3 aliphatic rings. The molecule has 0 aromatic heterocycles. The van der Waals surface area contributed by atoms with Crippen molar-refractivity contribution in [1.82, 2.24) is 4.90 Å². The van der Waals surface area contributed by atoms with Gasteiger partial charge in [-0.3, -0.25) is 4.90 Å². The molecule has 12 heteroatoms. The maximum Gasteiger partial charge on any atom is 0.508 e. The number of carbonyl (C=O) groups is 4. The minimum absolute atomic E-state index is 0.0519. The molecular weight excluding hydrogens is 608 g/mol. The van der Waals surface area contributed by atoms with Crippen LogP contribution in [0.2, 0.25) is 0 Å². The van der Waals surface area contributed by atoms with E-state index in [0.29, 0.717) is 17.5 Å². The highest BCUT2D eigenvalue weighted by Crippen LogP contribution is 2.60. The van der Waals surface area contributed by atoms with Gasteiger partial charge in [-0.25, -0.2) is 14.4 Å². The van der Waals surface area contributed by atoms with Crippen LogP contribution in [0.1, 0.15) is 47.8 Å². The highest BCUT2D eigenvalue weighted by Gasteiger charge is 2.76. The third-order valence-electron chi connectivity index (χ3n) is 8.57. The molecule has 2 unspecified atom stereocenters. The van der Waals surface area contributed by atoms with Gasteiger partial charge < -0.3 is 38.5 Å². The van der Waals surface area contributed by atoms with Crippen molar-refractivity contribution in [3.63, 3.8) is 0 Å². The Bertz CT molecular complexity index is 1670. The van der Waals surface area contributed by atoms with E-state index < -0.39 is 60.2 Å². The first kappa shape index (κ1) is 31.9. The molecule has 3 aromatic carbocycles. The van der Waals surface area contributed by atoms with Crippen LogP contribution < -0.4 is 9.64 Å². The number of methoxy groups -OCH3 is 1. The van der Waals surface area contributed by atoms with Crippen molar-refractivity contribution in [1.29, 1.82) is 0 Å². The van der Waals surface area contributed by atoms with E-state index >= 15 is 0 Å². The predicted molar refractivity (Wildman–Crippen MR) is 167 cm³/mol. The highest BCUT2D eigenvalue weighted by atomic mass is 16.7. The summed E-state index contributed by atoms with van der Waals surface area (Å²) < 4.78 is 27.8. The van der Waals surface area contributed by atoms with E-state index in [0.717, 1.165) is 11.1 Å². The van der Waals surface area contributed by atoms with Crippen LogP contribution in [-0.4, -0.2) is 78.2 Å². The molecule has 3 aromatic rings. The Morgan fingerprint density at radius 2 is 1.55 bits per heavy atom. The Kier molecular flexibility index (Phi) is 8.31. The summed E-state index contributed by atoms with van der Waals surface area (Å²) >= 11 is 0. The Labute approximate surface area is 271 Å². The molecule has 5 atom stereocenters. The van der Waals surface area contributed by atoms with E-state index in [4.69, 9.17) is 23.7 Å². The molecule has 0 radical (unpaired) electrons. The van der Waals surface area contributed by atoms with Gasteiger partial charge in [0, 0.05) is 11.3 Å². The van der Waals surface area contributed by atoms with E-state index in [1.807, 2.05) is 48.5 Å². The second-order valence-electron chi connectivity index (χ2n) is 12.7. The average molecular weight is 645 g/mol. The lowest BCUT2D eigenvalue weighted by molar-refractivity contribution is -0.115. The Morgan fingerprint density at radius 3 is 2.15 bits per heavy atom. The Balaban J connectivity index is 1.40. The fourth-order valence-corrected chi connectivity index (χ4v) is 6.59. The predicted octanol–water partition coefficient (Wildman–Crippen LogP) is 4.35. The smallest absolute Gasteiger partial charge is 0.488 e. The number of esters is 1. The Hall–Kier alpha value is -5.10. The average Bonchev–Trinajstić information content (AvgIpc) is 3.64. The SMILES string of the molecule is COC(=O)c1cc(OCc2ccccc2)c2c(c1)N1C(O)[C@H]3[C@@H](C1[C@@]2(C=O)COC(=O)OCc1ccccc1)N3C(=O)OC(C)(C)C. The van der Waals surface area contributed by atoms with Gasteiger partial charge in [0.15, 0.2) is 0 Å². The van der Waals surface area contributed by atoms with Crippen LogP contribution in [0.4, 0.5) is 15.3 Å². The molecule has 47 heavy (non-hydrogen) atoms. The van der Waals surface area contributed by atoms with Crippen LogP contribution >= 0.6 is 0 Å². The molecule has 246 valence electrons. The number of nitrogens with zero attached hydrogens (tertiary/aromatic N) is 2. The number of hydrogen-bond acceptors (Lipinski definition) is 11. The van der Waals surface area contributed by atoms with Gasteiger partial charge in [-0.05, 0) is 44.0 Å². The molecule has 0 saturated carbocycles. The maximum atomic E-state index is 13.5. The van der Waals surface area contributed by atoms with E-state index in [1.165, 1.54) is 24.1 Å². The summed E-state index contributed by atoms with van der Waals surface area (Å²) in [4.78, 5) is 55.4. The number of amides is 1. The third-order valence-corrected chi connectivity index (χ3v) is 8.57. The van der Waals surface area contributed by atoms with Crippen LogP contribution in [-0.2, 0) is 42.4 Å². The molecule has 3 heterocycles. The number of carbonyl (C=O) groups excluding carboxylic acids is 4. The lowest BCUT2D eigenvalue weighted by Gasteiger charge is -2.35.